The van der Waals surface area contributed by atoms with Crippen LogP contribution in [-0.4, -0.2) is 38.6 Å². The molecular weight excluding hydrogens is 368 g/mol. The summed E-state index contributed by atoms with van der Waals surface area (Å²) >= 11 is 0. The molecule has 6 heteroatoms. The molecule has 162 valence electrons. The highest BCUT2D eigenvalue weighted by Gasteiger charge is 2.32. The average molecular weight is 405 g/mol. The molecule has 2 amide bonds. The van der Waals surface area contributed by atoms with Crippen molar-refractivity contribution in [1.82, 2.24) is 10.6 Å². The molecule has 0 spiro atoms. The van der Waals surface area contributed by atoms with Gasteiger partial charge < -0.3 is 20.1 Å². The van der Waals surface area contributed by atoms with Crippen LogP contribution in [0.5, 0.6) is 11.5 Å². The SMILES string of the molecule is CCC(C)(C)C1CCC(NC(=O)C(=O)NCCc2ccc(OC)c(OC)c2)CC1. The molecule has 2 N–H and O–H groups in total. The van der Waals surface area contributed by atoms with Crippen LogP contribution in [0.4, 0.5) is 0 Å². The van der Waals surface area contributed by atoms with Gasteiger partial charge in [0.15, 0.2) is 11.5 Å². The first kappa shape index (κ1) is 23.0. The summed E-state index contributed by atoms with van der Waals surface area (Å²) in [6.07, 6.45) is 5.87. The van der Waals surface area contributed by atoms with Crippen LogP contribution in [0.1, 0.15) is 58.4 Å². The highest BCUT2D eigenvalue weighted by atomic mass is 16.5. The zero-order valence-corrected chi connectivity index (χ0v) is 18.5. The quantitative estimate of drug-likeness (QED) is 0.651. The van der Waals surface area contributed by atoms with Gasteiger partial charge in [0.25, 0.3) is 0 Å². The molecule has 1 aliphatic carbocycles. The molecule has 0 saturated heterocycles. The zero-order valence-electron chi connectivity index (χ0n) is 18.5. The lowest BCUT2D eigenvalue weighted by molar-refractivity contribution is -0.139. The van der Waals surface area contributed by atoms with Crippen LogP contribution in [0, 0.1) is 11.3 Å². The highest BCUT2D eigenvalue weighted by molar-refractivity contribution is 6.35. The fraction of sp³-hybridized carbons (Fsp3) is 0.652. The molecule has 0 aliphatic heterocycles. The number of benzene rings is 1. The fourth-order valence-corrected chi connectivity index (χ4v) is 4.00. The topological polar surface area (TPSA) is 76.7 Å². The van der Waals surface area contributed by atoms with Crippen molar-refractivity contribution in [3.05, 3.63) is 23.8 Å². The third-order valence-corrected chi connectivity index (χ3v) is 6.43. The maximum atomic E-state index is 12.2. The summed E-state index contributed by atoms with van der Waals surface area (Å²) in [6.45, 7) is 7.27. The highest BCUT2D eigenvalue weighted by Crippen LogP contribution is 2.40. The molecule has 0 radical (unpaired) electrons. The van der Waals surface area contributed by atoms with Gasteiger partial charge in [-0.15, -0.1) is 0 Å². The van der Waals surface area contributed by atoms with Gasteiger partial charge in [-0.1, -0.05) is 33.3 Å². The van der Waals surface area contributed by atoms with Crippen molar-refractivity contribution in [3.63, 3.8) is 0 Å². The van der Waals surface area contributed by atoms with Crippen LogP contribution in [-0.2, 0) is 16.0 Å². The summed E-state index contributed by atoms with van der Waals surface area (Å²) in [5.74, 6) is 0.903. The van der Waals surface area contributed by atoms with E-state index in [0.717, 1.165) is 37.7 Å². The number of ether oxygens (including phenoxy) is 2. The molecule has 29 heavy (non-hydrogen) atoms. The summed E-state index contributed by atoms with van der Waals surface area (Å²) in [5.41, 5.74) is 1.34. The van der Waals surface area contributed by atoms with E-state index in [1.165, 1.54) is 0 Å². The Balaban J connectivity index is 1.74. The maximum absolute atomic E-state index is 12.2. The molecular formula is C23H36N2O4. The van der Waals surface area contributed by atoms with E-state index in [1.807, 2.05) is 18.2 Å². The minimum absolute atomic E-state index is 0.100. The van der Waals surface area contributed by atoms with Crippen LogP contribution < -0.4 is 20.1 Å². The molecule has 1 aliphatic rings. The fourth-order valence-electron chi connectivity index (χ4n) is 4.00. The Morgan fingerprint density at radius 3 is 2.28 bits per heavy atom. The lowest BCUT2D eigenvalue weighted by Crippen LogP contribution is -2.46. The molecule has 6 nitrogen and oxygen atoms in total. The van der Waals surface area contributed by atoms with Crippen molar-refractivity contribution in [2.75, 3.05) is 20.8 Å². The van der Waals surface area contributed by atoms with Crippen LogP contribution in [0.15, 0.2) is 18.2 Å². The summed E-state index contributed by atoms with van der Waals surface area (Å²) in [6, 6.07) is 5.73. The third-order valence-electron chi connectivity index (χ3n) is 6.43. The smallest absolute Gasteiger partial charge is 0.309 e. The first-order valence-electron chi connectivity index (χ1n) is 10.6. The second kappa shape index (κ2) is 10.5. The number of rotatable bonds is 8. The Kier molecular flexibility index (Phi) is 8.35. The first-order valence-corrected chi connectivity index (χ1v) is 10.6. The second-order valence-electron chi connectivity index (χ2n) is 8.56. The van der Waals surface area contributed by atoms with E-state index in [0.29, 0.717) is 35.8 Å². The lowest BCUT2D eigenvalue weighted by atomic mass is 9.69. The number of hydrogen-bond acceptors (Lipinski definition) is 4. The summed E-state index contributed by atoms with van der Waals surface area (Å²) in [7, 11) is 3.18. The Hall–Kier alpha value is -2.24. The zero-order chi connectivity index (χ0) is 21.4. The largest absolute Gasteiger partial charge is 0.493 e. The number of carbonyl (C=O) groups is 2. The molecule has 0 bridgehead atoms. The molecule has 0 atom stereocenters. The van der Waals surface area contributed by atoms with E-state index < -0.39 is 11.8 Å². The summed E-state index contributed by atoms with van der Waals surface area (Å²) < 4.78 is 10.5. The normalized spacial score (nSPS) is 19.3. The van der Waals surface area contributed by atoms with Crippen molar-refractivity contribution in [2.24, 2.45) is 11.3 Å². The van der Waals surface area contributed by atoms with Gasteiger partial charge in [0, 0.05) is 12.6 Å². The number of nitrogens with one attached hydrogen (secondary N) is 2. The first-order chi connectivity index (χ1) is 13.8. The van der Waals surface area contributed by atoms with E-state index in [1.54, 1.807) is 14.2 Å². The van der Waals surface area contributed by atoms with Crippen molar-refractivity contribution in [3.8, 4) is 11.5 Å². The predicted octanol–water partition coefficient (Wildman–Crippen LogP) is 3.47. The van der Waals surface area contributed by atoms with Crippen LogP contribution in [0.2, 0.25) is 0 Å². The van der Waals surface area contributed by atoms with Gasteiger partial charge >= 0.3 is 11.8 Å². The van der Waals surface area contributed by atoms with Crippen molar-refractivity contribution >= 4 is 11.8 Å². The minimum atomic E-state index is -0.568. The molecule has 1 saturated carbocycles. The molecule has 2 rings (SSSR count). The van der Waals surface area contributed by atoms with E-state index >= 15 is 0 Å². The van der Waals surface area contributed by atoms with Crippen LogP contribution in [0.3, 0.4) is 0 Å². The summed E-state index contributed by atoms with van der Waals surface area (Å²) in [4.78, 5) is 24.3. The number of methoxy groups -OCH3 is 2. The van der Waals surface area contributed by atoms with Crippen molar-refractivity contribution in [2.45, 2.75) is 65.3 Å². The van der Waals surface area contributed by atoms with E-state index in [4.69, 9.17) is 9.47 Å². The van der Waals surface area contributed by atoms with Crippen molar-refractivity contribution in [1.29, 1.82) is 0 Å². The number of amides is 2. The van der Waals surface area contributed by atoms with E-state index in [2.05, 4.69) is 31.4 Å². The van der Waals surface area contributed by atoms with E-state index in [-0.39, 0.29) is 6.04 Å². The lowest BCUT2D eigenvalue weighted by Gasteiger charge is -2.39. The van der Waals surface area contributed by atoms with Gasteiger partial charge in [0.05, 0.1) is 14.2 Å². The second-order valence-corrected chi connectivity index (χ2v) is 8.56. The monoisotopic (exact) mass is 404 g/mol. The Bertz CT molecular complexity index is 694. The van der Waals surface area contributed by atoms with Gasteiger partial charge in [-0.3, -0.25) is 9.59 Å². The van der Waals surface area contributed by atoms with Gasteiger partial charge in [0.2, 0.25) is 0 Å². The van der Waals surface area contributed by atoms with Gasteiger partial charge in [-0.05, 0) is 61.1 Å². The van der Waals surface area contributed by atoms with Gasteiger partial charge in [-0.25, -0.2) is 0 Å². The molecule has 0 aromatic heterocycles. The Labute approximate surface area is 174 Å². The third kappa shape index (κ3) is 6.38. The number of hydrogen-bond donors (Lipinski definition) is 2. The standard InChI is InChI=1S/C23H36N2O4/c1-6-23(2,3)17-8-10-18(11-9-17)25-22(27)21(26)24-14-13-16-7-12-19(28-4)20(15-16)29-5/h7,12,15,17-18H,6,8-11,13-14H2,1-5H3,(H,24,26)(H,25,27). The van der Waals surface area contributed by atoms with Gasteiger partial charge in [0.1, 0.15) is 0 Å². The number of carbonyl (C=O) groups excluding carboxylic acids is 2. The Morgan fingerprint density at radius 1 is 1.03 bits per heavy atom. The molecule has 1 aromatic carbocycles. The maximum Gasteiger partial charge on any atom is 0.309 e. The van der Waals surface area contributed by atoms with Gasteiger partial charge in [-0.2, -0.15) is 0 Å². The molecule has 0 unspecified atom stereocenters. The Morgan fingerprint density at radius 2 is 1.69 bits per heavy atom. The average Bonchev–Trinajstić information content (AvgIpc) is 2.73. The van der Waals surface area contributed by atoms with E-state index in [9.17, 15) is 9.59 Å². The van der Waals surface area contributed by atoms with Crippen molar-refractivity contribution < 1.29 is 19.1 Å². The predicted molar refractivity (Wildman–Crippen MR) is 114 cm³/mol. The summed E-state index contributed by atoms with van der Waals surface area (Å²) in [5, 5.41) is 5.61. The minimum Gasteiger partial charge on any atom is -0.493 e. The van der Waals surface area contributed by atoms with Crippen LogP contribution >= 0.6 is 0 Å². The molecule has 0 heterocycles. The van der Waals surface area contributed by atoms with Crippen LogP contribution in [0.25, 0.3) is 0 Å². The molecule has 1 aromatic rings. The molecule has 1 fully saturated rings.